The first-order valence-corrected chi connectivity index (χ1v) is 3.64. The molecule has 1 atom stereocenters. The van der Waals surface area contributed by atoms with Crippen molar-refractivity contribution in [3.8, 4) is 0 Å². The van der Waals surface area contributed by atoms with Gasteiger partial charge in [0, 0.05) is 0 Å². The number of hydrogen-bond donors (Lipinski definition) is 1. The summed E-state index contributed by atoms with van der Waals surface area (Å²) < 4.78 is 0. The number of hydrogen-bond acceptors (Lipinski definition) is 1. The van der Waals surface area contributed by atoms with Crippen LogP contribution in [0.2, 0.25) is 0 Å². The minimum atomic E-state index is -0.461. The number of rotatable bonds is 2. The van der Waals surface area contributed by atoms with Crippen LogP contribution in [0.3, 0.4) is 0 Å². The summed E-state index contributed by atoms with van der Waals surface area (Å²) in [5.74, 6) is 0. The van der Waals surface area contributed by atoms with Crippen LogP contribution in [0.5, 0.6) is 0 Å². The minimum absolute atomic E-state index is 0.461. The smallest absolute Gasteiger partial charge is 0.0762 e. The van der Waals surface area contributed by atoms with E-state index in [-0.39, 0.29) is 0 Å². The fourth-order valence-corrected chi connectivity index (χ4v) is 0.893. The summed E-state index contributed by atoms with van der Waals surface area (Å²) in [5.41, 5.74) is 1.77. The summed E-state index contributed by atoms with van der Waals surface area (Å²) >= 11 is 0. The molecular formula is C10H12O. The molecule has 0 bridgehead atoms. The third kappa shape index (κ3) is 1.92. The monoisotopic (exact) mass is 148 g/mol. The van der Waals surface area contributed by atoms with E-state index in [1.165, 1.54) is 0 Å². The van der Waals surface area contributed by atoms with Crippen LogP contribution < -0.4 is 0 Å². The average Bonchev–Trinajstić information content (AvgIpc) is 2.05. The van der Waals surface area contributed by atoms with Crippen molar-refractivity contribution in [2.45, 2.75) is 13.0 Å². The first-order valence-electron chi connectivity index (χ1n) is 3.64. The molecule has 0 unspecified atom stereocenters. The Morgan fingerprint density at radius 1 is 1.36 bits per heavy atom. The van der Waals surface area contributed by atoms with Gasteiger partial charge in [0.15, 0.2) is 0 Å². The van der Waals surface area contributed by atoms with Crippen LogP contribution in [0.25, 0.3) is 5.57 Å². The molecule has 0 saturated carbocycles. The zero-order chi connectivity index (χ0) is 8.27. The standard InChI is InChI=1S/C10H12O/c1-8(9(2)11)10-6-4-3-5-7-10/h3-7,9,11H,1H2,2H3/t9-/m1/s1. The predicted octanol–water partition coefficient (Wildman–Crippen LogP) is 2.08. The lowest BCUT2D eigenvalue weighted by molar-refractivity contribution is 0.253. The van der Waals surface area contributed by atoms with Crippen molar-refractivity contribution >= 4 is 5.57 Å². The highest BCUT2D eigenvalue weighted by atomic mass is 16.3. The molecule has 58 valence electrons. The van der Waals surface area contributed by atoms with Crippen LogP contribution in [0.15, 0.2) is 36.9 Å². The van der Waals surface area contributed by atoms with Gasteiger partial charge in [-0.2, -0.15) is 0 Å². The SMILES string of the molecule is C=C(c1ccccc1)[C@@H](C)O. The lowest BCUT2D eigenvalue weighted by atomic mass is 10.0. The van der Waals surface area contributed by atoms with Gasteiger partial charge in [-0.25, -0.2) is 0 Å². The Morgan fingerprint density at radius 3 is 2.36 bits per heavy atom. The van der Waals surface area contributed by atoms with Gasteiger partial charge < -0.3 is 5.11 Å². The van der Waals surface area contributed by atoms with Gasteiger partial charge in [0.1, 0.15) is 0 Å². The Labute approximate surface area is 67.0 Å². The molecule has 1 aromatic carbocycles. The average molecular weight is 148 g/mol. The summed E-state index contributed by atoms with van der Waals surface area (Å²) in [6.45, 7) is 5.49. The van der Waals surface area contributed by atoms with Gasteiger partial charge in [0.05, 0.1) is 6.10 Å². The molecule has 0 aliphatic heterocycles. The van der Waals surface area contributed by atoms with Gasteiger partial charge >= 0.3 is 0 Å². The van der Waals surface area contributed by atoms with E-state index in [4.69, 9.17) is 0 Å². The van der Waals surface area contributed by atoms with Gasteiger partial charge in [0.2, 0.25) is 0 Å². The molecule has 0 aromatic heterocycles. The molecule has 0 heterocycles. The zero-order valence-electron chi connectivity index (χ0n) is 6.62. The fourth-order valence-electron chi connectivity index (χ4n) is 0.893. The first-order chi connectivity index (χ1) is 5.22. The Balaban J connectivity index is 2.86. The molecule has 1 aromatic rings. The van der Waals surface area contributed by atoms with E-state index in [9.17, 15) is 5.11 Å². The second kappa shape index (κ2) is 3.35. The molecule has 1 heteroatoms. The Kier molecular flexibility index (Phi) is 2.44. The van der Waals surface area contributed by atoms with E-state index in [2.05, 4.69) is 6.58 Å². The number of aliphatic hydroxyl groups excluding tert-OH is 1. The Bertz CT molecular complexity index is 236. The van der Waals surface area contributed by atoms with Crippen LogP contribution in [-0.2, 0) is 0 Å². The molecule has 0 spiro atoms. The third-order valence-corrected chi connectivity index (χ3v) is 1.65. The fraction of sp³-hybridized carbons (Fsp3) is 0.200. The highest BCUT2D eigenvalue weighted by Crippen LogP contribution is 2.14. The van der Waals surface area contributed by atoms with Crippen molar-refractivity contribution in [1.82, 2.24) is 0 Å². The summed E-state index contributed by atoms with van der Waals surface area (Å²) in [7, 11) is 0. The summed E-state index contributed by atoms with van der Waals surface area (Å²) in [5, 5.41) is 9.17. The van der Waals surface area contributed by atoms with E-state index < -0.39 is 6.10 Å². The van der Waals surface area contributed by atoms with Gasteiger partial charge in [-0.15, -0.1) is 0 Å². The van der Waals surface area contributed by atoms with Crippen molar-refractivity contribution in [2.24, 2.45) is 0 Å². The molecule has 0 aliphatic carbocycles. The second-order valence-corrected chi connectivity index (χ2v) is 2.57. The van der Waals surface area contributed by atoms with Crippen LogP contribution in [0.4, 0.5) is 0 Å². The van der Waals surface area contributed by atoms with Crippen molar-refractivity contribution in [2.75, 3.05) is 0 Å². The van der Waals surface area contributed by atoms with E-state index in [1.54, 1.807) is 6.92 Å². The zero-order valence-corrected chi connectivity index (χ0v) is 6.62. The second-order valence-electron chi connectivity index (χ2n) is 2.57. The van der Waals surface area contributed by atoms with Gasteiger partial charge in [-0.05, 0) is 18.1 Å². The van der Waals surface area contributed by atoms with Crippen molar-refractivity contribution in [1.29, 1.82) is 0 Å². The van der Waals surface area contributed by atoms with Crippen LogP contribution in [-0.4, -0.2) is 11.2 Å². The summed E-state index contributed by atoms with van der Waals surface area (Å²) in [6, 6.07) is 9.69. The molecule has 1 nitrogen and oxygen atoms in total. The Morgan fingerprint density at radius 2 is 1.91 bits per heavy atom. The molecule has 0 amide bonds. The third-order valence-electron chi connectivity index (χ3n) is 1.65. The van der Waals surface area contributed by atoms with Crippen molar-refractivity contribution in [3.63, 3.8) is 0 Å². The highest BCUT2D eigenvalue weighted by molar-refractivity contribution is 5.65. The van der Waals surface area contributed by atoms with Crippen LogP contribution >= 0.6 is 0 Å². The lowest BCUT2D eigenvalue weighted by Crippen LogP contribution is -2.01. The molecule has 1 N–H and O–H groups in total. The summed E-state index contributed by atoms with van der Waals surface area (Å²) in [6.07, 6.45) is -0.461. The van der Waals surface area contributed by atoms with Crippen molar-refractivity contribution in [3.05, 3.63) is 42.5 Å². The topological polar surface area (TPSA) is 20.2 Å². The van der Waals surface area contributed by atoms with E-state index in [0.717, 1.165) is 11.1 Å². The quantitative estimate of drug-likeness (QED) is 0.680. The molecule has 0 saturated heterocycles. The van der Waals surface area contributed by atoms with Gasteiger partial charge in [0.25, 0.3) is 0 Å². The van der Waals surface area contributed by atoms with Crippen LogP contribution in [0.1, 0.15) is 12.5 Å². The van der Waals surface area contributed by atoms with E-state index in [0.29, 0.717) is 0 Å². The van der Waals surface area contributed by atoms with E-state index in [1.807, 2.05) is 30.3 Å². The molecular weight excluding hydrogens is 136 g/mol. The highest BCUT2D eigenvalue weighted by Gasteiger charge is 2.02. The molecule has 0 fully saturated rings. The minimum Gasteiger partial charge on any atom is -0.389 e. The molecule has 11 heavy (non-hydrogen) atoms. The maximum atomic E-state index is 9.17. The predicted molar refractivity (Wildman–Crippen MR) is 47.2 cm³/mol. The van der Waals surface area contributed by atoms with Gasteiger partial charge in [-0.1, -0.05) is 36.9 Å². The Hall–Kier alpha value is -1.08. The maximum Gasteiger partial charge on any atom is 0.0762 e. The lowest BCUT2D eigenvalue weighted by Gasteiger charge is -2.07. The van der Waals surface area contributed by atoms with Crippen molar-refractivity contribution < 1.29 is 5.11 Å². The number of benzene rings is 1. The van der Waals surface area contributed by atoms with E-state index >= 15 is 0 Å². The first kappa shape index (κ1) is 8.02. The number of aliphatic hydroxyl groups is 1. The molecule has 1 rings (SSSR count). The van der Waals surface area contributed by atoms with Gasteiger partial charge in [-0.3, -0.25) is 0 Å². The normalized spacial score (nSPS) is 12.5. The molecule has 0 radical (unpaired) electrons. The molecule has 0 aliphatic rings. The largest absolute Gasteiger partial charge is 0.389 e. The summed E-state index contributed by atoms with van der Waals surface area (Å²) in [4.78, 5) is 0. The van der Waals surface area contributed by atoms with Crippen LogP contribution in [0, 0.1) is 0 Å². The maximum absolute atomic E-state index is 9.17.